The summed E-state index contributed by atoms with van der Waals surface area (Å²) in [5.41, 5.74) is 7.44. The van der Waals surface area contributed by atoms with Crippen molar-refractivity contribution in [3.63, 3.8) is 0 Å². The Morgan fingerprint density at radius 3 is 2.52 bits per heavy atom. The minimum absolute atomic E-state index is 0.103. The molecule has 4 aliphatic rings. The predicted octanol–water partition coefficient (Wildman–Crippen LogP) is 1.23. The van der Waals surface area contributed by atoms with Crippen LogP contribution in [0.3, 0.4) is 0 Å². The van der Waals surface area contributed by atoms with Gasteiger partial charge < -0.3 is 11.1 Å². The Morgan fingerprint density at radius 1 is 1.13 bits per heavy atom. The Hall–Kier alpha value is -2.74. The maximum Gasteiger partial charge on any atom is 0.250 e. The third-order valence-electron chi connectivity index (χ3n) is 7.82. The summed E-state index contributed by atoms with van der Waals surface area (Å²) in [4.78, 5) is 54.0. The Morgan fingerprint density at radius 2 is 1.84 bits per heavy atom. The summed E-state index contributed by atoms with van der Waals surface area (Å²) in [5, 5.41) is 6.21. The number of aryl methyl sites for hydroxylation is 1. The highest BCUT2D eigenvalue weighted by atomic mass is 16.2. The van der Waals surface area contributed by atoms with Gasteiger partial charge in [-0.2, -0.15) is 0 Å². The van der Waals surface area contributed by atoms with Crippen molar-refractivity contribution < 1.29 is 19.2 Å². The molecule has 5 rings (SSSR count). The summed E-state index contributed by atoms with van der Waals surface area (Å²) in [6.07, 6.45) is 4.54. The normalized spacial score (nSPS) is 32.5. The SMILES string of the molecule is Cc1ccc2c(c1C)NC(=O)[C@@]21N[C@@H](CC(N)=O)[C@H]2C(=O)N(C3CCCCC3)C(=O)[C@@H]21. The first-order valence-corrected chi connectivity index (χ1v) is 11.1. The molecule has 2 saturated heterocycles. The summed E-state index contributed by atoms with van der Waals surface area (Å²) in [5.74, 6) is -3.15. The minimum Gasteiger partial charge on any atom is -0.370 e. The van der Waals surface area contributed by atoms with E-state index in [1.54, 1.807) is 0 Å². The molecule has 1 aromatic carbocycles. The lowest BCUT2D eigenvalue weighted by atomic mass is 9.76. The van der Waals surface area contributed by atoms with Gasteiger partial charge in [0.05, 0.1) is 11.8 Å². The summed E-state index contributed by atoms with van der Waals surface area (Å²) in [6, 6.07) is 2.99. The number of hydrogen-bond acceptors (Lipinski definition) is 5. The summed E-state index contributed by atoms with van der Waals surface area (Å²) in [6.45, 7) is 3.89. The van der Waals surface area contributed by atoms with Crippen molar-refractivity contribution >= 4 is 29.3 Å². The molecule has 8 nitrogen and oxygen atoms in total. The molecular weight excluding hydrogens is 396 g/mol. The Kier molecular flexibility index (Phi) is 4.48. The average Bonchev–Trinajstić information content (AvgIpc) is 3.30. The third kappa shape index (κ3) is 2.63. The van der Waals surface area contributed by atoms with Gasteiger partial charge in [-0.05, 0) is 37.8 Å². The van der Waals surface area contributed by atoms with Crippen molar-refractivity contribution in [1.82, 2.24) is 10.2 Å². The fourth-order valence-electron chi connectivity index (χ4n) is 6.23. The maximum absolute atomic E-state index is 13.8. The molecule has 0 unspecified atom stereocenters. The van der Waals surface area contributed by atoms with Crippen LogP contribution in [0.5, 0.6) is 0 Å². The molecule has 8 heteroatoms. The van der Waals surface area contributed by atoms with Crippen molar-refractivity contribution in [2.45, 2.75) is 70.0 Å². The second-order valence-corrected chi connectivity index (χ2v) is 9.46. The molecule has 4 atom stereocenters. The number of imide groups is 1. The second kappa shape index (κ2) is 6.88. The lowest BCUT2D eigenvalue weighted by molar-refractivity contribution is -0.146. The van der Waals surface area contributed by atoms with Gasteiger partial charge in [-0.3, -0.25) is 29.4 Å². The van der Waals surface area contributed by atoms with Crippen LogP contribution in [0.1, 0.15) is 55.2 Å². The highest BCUT2D eigenvalue weighted by molar-refractivity contribution is 6.15. The molecule has 1 aliphatic carbocycles. The Bertz CT molecular complexity index is 1020. The molecule has 3 heterocycles. The number of nitrogens with two attached hydrogens (primary N) is 1. The lowest BCUT2D eigenvalue weighted by Crippen LogP contribution is -2.54. The van der Waals surface area contributed by atoms with E-state index in [1.807, 2.05) is 26.0 Å². The quantitative estimate of drug-likeness (QED) is 0.630. The highest BCUT2D eigenvalue weighted by Gasteiger charge is 2.71. The van der Waals surface area contributed by atoms with Crippen molar-refractivity contribution in [2.75, 3.05) is 5.32 Å². The van der Waals surface area contributed by atoms with Crippen molar-refractivity contribution in [3.05, 3.63) is 28.8 Å². The zero-order chi connectivity index (χ0) is 22.1. The van der Waals surface area contributed by atoms with Crippen LogP contribution in [-0.4, -0.2) is 40.6 Å². The first kappa shape index (κ1) is 20.2. The van der Waals surface area contributed by atoms with E-state index < -0.39 is 29.3 Å². The second-order valence-electron chi connectivity index (χ2n) is 9.46. The van der Waals surface area contributed by atoms with E-state index in [4.69, 9.17) is 5.73 Å². The van der Waals surface area contributed by atoms with Gasteiger partial charge in [-0.15, -0.1) is 0 Å². The van der Waals surface area contributed by atoms with Gasteiger partial charge in [0.25, 0.3) is 0 Å². The number of rotatable bonds is 3. The zero-order valence-electron chi connectivity index (χ0n) is 17.9. The van der Waals surface area contributed by atoms with Gasteiger partial charge in [0.15, 0.2) is 0 Å². The number of fused-ring (bicyclic) bond motifs is 4. The van der Waals surface area contributed by atoms with E-state index in [9.17, 15) is 19.2 Å². The average molecular weight is 425 g/mol. The predicted molar refractivity (Wildman–Crippen MR) is 113 cm³/mol. The minimum atomic E-state index is -1.37. The van der Waals surface area contributed by atoms with Crippen molar-refractivity contribution in [2.24, 2.45) is 17.6 Å². The number of primary amides is 1. The Balaban J connectivity index is 1.65. The third-order valence-corrected chi connectivity index (χ3v) is 7.82. The van der Waals surface area contributed by atoms with Crippen LogP contribution in [-0.2, 0) is 24.7 Å². The van der Waals surface area contributed by atoms with Crippen LogP contribution < -0.4 is 16.4 Å². The number of carbonyl (C=O) groups is 4. The molecule has 164 valence electrons. The summed E-state index contributed by atoms with van der Waals surface area (Å²) < 4.78 is 0. The van der Waals surface area contributed by atoms with Crippen LogP contribution in [0.25, 0.3) is 0 Å². The molecule has 1 spiro atoms. The molecule has 3 aliphatic heterocycles. The van der Waals surface area contributed by atoms with Crippen LogP contribution in [0.4, 0.5) is 5.69 Å². The first-order valence-electron chi connectivity index (χ1n) is 11.1. The van der Waals surface area contributed by atoms with Crippen molar-refractivity contribution in [1.29, 1.82) is 0 Å². The van der Waals surface area contributed by atoms with E-state index >= 15 is 0 Å². The molecule has 4 N–H and O–H groups in total. The van der Waals surface area contributed by atoms with Gasteiger partial charge in [0.1, 0.15) is 5.54 Å². The summed E-state index contributed by atoms with van der Waals surface area (Å²) in [7, 11) is 0. The van der Waals surface area contributed by atoms with E-state index in [1.165, 1.54) is 4.90 Å². The zero-order valence-corrected chi connectivity index (χ0v) is 17.9. The lowest BCUT2D eigenvalue weighted by Gasteiger charge is -2.33. The van der Waals surface area contributed by atoms with E-state index in [0.717, 1.165) is 43.2 Å². The van der Waals surface area contributed by atoms with Gasteiger partial charge in [0.2, 0.25) is 23.6 Å². The van der Waals surface area contributed by atoms with Crippen LogP contribution in [0, 0.1) is 25.7 Å². The number of nitrogens with one attached hydrogen (secondary N) is 2. The molecule has 0 aromatic heterocycles. The summed E-state index contributed by atoms with van der Waals surface area (Å²) >= 11 is 0. The fraction of sp³-hybridized carbons (Fsp3) is 0.565. The maximum atomic E-state index is 13.8. The molecule has 1 saturated carbocycles. The number of hydrogen-bond donors (Lipinski definition) is 3. The van der Waals surface area contributed by atoms with Gasteiger partial charge in [0, 0.05) is 29.8 Å². The van der Waals surface area contributed by atoms with E-state index in [-0.39, 0.29) is 30.2 Å². The smallest absolute Gasteiger partial charge is 0.250 e. The van der Waals surface area contributed by atoms with Crippen LogP contribution in [0.2, 0.25) is 0 Å². The van der Waals surface area contributed by atoms with E-state index in [2.05, 4.69) is 10.6 Å². The van der Waals surface area contributed by atoms with Crippen molar-refractivity contribution in [3.8, 4) is 0 Å². The molecule has 4 amide bonds. The van der Waals surface area contributed by atoms with Gasteiger partial charge in [-0.1, -0.05) is 31.4 Å². The molecule has 0 bridgehead atoms. The Labute approximate surface area is 180 Å². The largest absolute Gasteiger partial charge is 0.370 e. The number of amides is 4. The van der Waals surface area contributed by atoms with E-state index in [0.29, 0.717) is 11.3 Å². The number of benzene rings is 1. The monoisotopic (exact) mass is 424 g/mol. The molecule has 31 heavy (non-hydrogen) atoms. The number of nitrogens with zero attached hydrogens (tertiary/aromatic N) is 1. The van der Waals surface area contributed by atoms with Crippen LogP contribution in [0.15, 0.2) is 12.1 Å². The molecule has 0 radical (unpaired) electrons. The number of likely N-dealkylation sites (tertiary alicyclic amines) is 1. The number of anilines is 1. The first-order chi connectivity index (χ1) is 14.8. The molecule has 3 fully saturated rings. The molecular formula is C23H28N4O4. The standard InChI is InChI=1S/C23H28N4O4/c1-11-8-9-14-19(12(11)2)25-22(31)23(14)18-17(15(26-23)10-16(24)28)20(29)27(21(18)30)13-6-4-3-5-7-13/h8-9,13,15,17-18,26H,3-7,10H2,1-2H3,(H2,24,28)(H,25,31)/t15-,17+,18+,23+/m0/s1. The topological polar surface area (TPSA) is 122 Å². The van der Waals surface area contributed by atoms with Crippen LogP contribution >= 0.6 is 0 Å². The molecule has 1 aromatic rings. The fourth-order valence-corrected chi connectivity index (χ4v) is 6.23. The number of carbonyl (C=O) groups excluding carboxylic acids is 4. The van der Waals surface area contributed by atoms with Gasteiger partial charge in [-0.25, -0.2) is 0 Å². The van der Waals surface area contributed by atoms with Gasteiger partial charge >= 0.3 is 0 Å². The highest BCUT2D eigenvalue weighted by Crippen LogP contribution is 2.54.